The van der Waals surface area contributed by atoms with Gasteiger partial charge in [-0.25, -0.2) is 0 Å². The van der Waals surface area contributed by atoms with E-state index in [1.165, 1.54) is 0 Å². The fourth-order valence-electron chi connectivity index (χ4n) is 3.25. The molecular formula is C24H26O4. The summed E-state index contributed by atoms with van der Waals surface area (Å²) in [5.74, 6) is 1.75. The van der Waals surface area contributed by atoms with Crippen molar-refractivity contribution >= 4 is 0 Å². The summed E-state index contributed by atoms with van der Waals surface area (Å²) < 4.78 is 23.1. The van der Waals surface area contributed by atoms with Crippen LogP contribution in [-0.4, -0.2) is 38.6 Å². The van der Waals surface area contributed by atoms with Crippen molar-refractivity contribution in [3.63, 3.8) is 0 Å². The van der Waals surface area contributed by atoms with Gasteiger partial charge >= 0.3 is 0 Å². The monoisotopic (exact) mass is 378 g/mol. The van der Waals surface area contributed by atoms with E-state index in [4.69, 9.17) is 18.9 Å². The molecule has 0 spiro atoms. The predicted octanol–water partition coefficient (Wildman–Crippen LogP) is 4.37. The fourth-order valence-corrected chi connectivity index (χ4v) is 3.25. The van der Waals surface area contributed by atoms with Crippen LogP contribution in [0.2, 0.25) is 0 Å². The van der Waals surface area contributed by atoms with Crippen LogP contribution in [0.15, 0.2) is 61.7 Å². The smallest absolute Gasteiger partial charge is 0.130 e. The highest BCUT2D eigenvalue weighted by Crippen LogP contribution is 2.41. The number of hydrogen-bond donors (Lipinski definition) is 0. The third-order valence-corrected chi connectivity index (χ3v) is 4.84. The van der Waals surface area contributed by atoms with E-state index in [9.17, 15) is 0 Å². The summed E-state index contributed by atoms with van der Waals surface area (Å²) in [6.45, 7) is 10.4. The Morgan fingerprint density at radius 3 is 1.57 bits per heavy atom. The number of ether oxygens (including phenoxy) is 4. The molecule has 2 atom stereocenters. The van der Waals surface area contributed by atoms with Crippen LogP contribution in [-0.2, 0) is 22.3 Å². The average molecular weight is 378 g/mol. The van der Waals surface area contributed by atoms with Crippen LogP contribution in [0.4, 0.5) is 0 Å². The van der Waals surface area contributed by atoms with Gasteiger partial charge in [-0.3, -0.25) is 0 Å². The number of allylic oxidation sites excluding steroid dienone is 2. The lowest BCUT2D eigenvalue weighted by atomic mass is 9.96. The Kier molecular flexibility index (Phi) is 5.79. The van der Waals surface area contributed by atoms with Gasteiger partial charge in [0.1, 0.15) is 36.9 Å². The summed E-state index contributed by atoms with van der Waals surface area (Å²) in [5, 5.41) is 0. The first-order valence-corrected chi connectivity index (χ1v) is 9.75. The van der Waals surface area contributed by atoms with E-state index in [-0.39, 0.29) is 12.2 Å². The molecule has 2 aromatic carbocycles. The van der Waals surface area contributed by atoms with Crippen LogP contribution in [0.3, 0.4) is 0 Å². The summed E-state index contributed by atoms with van der Waals surface area (Å²) in [6.07, 6.45) is 5.67. The Balaban J connectivity index is 1.75. The van der Waals surface area contributed by atoms with Crippen molar-refractivity contribution in [3.8, 4) is 22.6 Å². The number of hydrogen-bond acceptors (Lipinski definition) is 4. The van der Waals surface area contributed by atoms with Gasteiger partial charge in [0.15, 0.2) is 0 Å². The van der Waals surface area contributed by atoms with Crippen LogP contribution in [0.25, 0.3) is 11.1 Å². The lowest BCUT2D eigenvalue weighted by molar-refractivity contribution is 0.259. The van der Waals surface area contributed by atoms with Crippen LogP contribution in [0.5, 0.6) is 11.5 Å². The molecule has 146 valence electrons. The zero-order valence-corrected chi connectivity index (χ0v) is 16.1. The highest BCUT2D eigenvalue weighted by molar-refractivity contribution is 5.78. The molecule has 2 aromatic rings. The molecule has 2 fully saturated rings. The maximum absolute atomic E-state index is 6.22. The molecule has 2 unspecified atom stereocenters. The van der Waals surface area contributed by atoms with Crippen molar-refractivity contribution in [1.29, 1.82) is 0 Å². The number of para-hydroxylation sites is 2. The quantitative estimate of drug-likeness (QED) is 0.430. The number of benzene rings is 2. The molecule has 28 heavy (non-hydrogen) atoms. The van der Waals surface area contributed by atoms with Crippen LogP contribution in [0.1, 0.15) is 11.1 Å². The Hall–Kier alpha value is -2.56. The van der Waals surface area contributed by atoms with E-state index < -0.39 is 0 Å². The van der Waals surface area contributed by atoms with Gasteiger partial charge in [0.25, 0.3) is 0 Å². The summed E-state index contributed by atoms with van der Waals surface area (Å²) in [6, 6.07) is 12.5. The predicted molar refractivity (Wildman–Crippen MR) is 110 cm³/mol. The van der Waals surface area contributed by atoms with E-state index in [1.807, 2.05) is 12.2 Å². The van der Waals surface area contributed by atoms with Crippen molar-refractivity contribution in [2.24, 2.45) is 0 Å². The van der Waals surface area contributed by atoms with E-state index in [0.29, 0.717) is 13.2 Å². The number of rotatable bonds is 11. The average Bonchev–Trinajstić information content (AvgIpc) is 3.61. The molecule has 0 aliphatic carbocycles. The van der Waals surface area contributed by atoms with Crippen LogP contribution >= 0.6 is 0 Å². The third kappa shape index (κ3) is 4.46. The van der Waals surface area contributed by atoms with Gasteiger partial charge in [-0.1, -0.05) is 48.6 Å². The molecular weight excluding hydrogens is 352 g/mol. The molecule has 0 aromatic heterocycles. The summed E-state index contributed by atoms with van der Waals surface area (Å²) >= 11 is 0. The molecule has 0 bridgehead atoms. The standard InChI is InChI=1S/C24H26O4/c1-3-7-17-9-5-11-21(23(17)27-15-19-13-25-19)22-12-6-10-18(8-4-2)24(22)28-16-20-14-26-20/h3-6,9-12,19-20H,1-2,7-8,13-16H2. The van der Waals surface area contributed by atoms with Crippen molar-refractivity contribution in [3.05, 3.63) is 72.8 Å². The minimum atomic E-state index is 0.194. The Morgan fingerprint density at radius 1 is 0.786 bits per heavy atom. The highest BCUT2D eigenvalue weighted by atomic mass is 16.6. The Labute approximate surface area is 166 Å². The molecule has 0 amide bonds. The van der Waals surface area contributed by atoms with Crippen LogP contribution < -0.4 is 9.47 Å². The van der Waals surface area contributed by atoms with Gasteiger partial charge in [-0.2, -0.15) is 0 Å². The first-order valence-electron chi connectivity index (χ1n) is 9.75. The second-order valence-corrected chi connectivity index (χ2v) is 7.11. The maximum atomic E-state index is 6.22. The third-order valence-electron chi connectivity index (χ3n) is 4.84. The van der Waals surface area contributed by atoms with Gasteiger partial charge in [0, 0.05) is 11.1 Å². The minimum Gasteiger partial charge on any atom is -0.490 e. The van der Waals surface area contributed by atoms with Crippen molar-refractivity contribution in [2.75, 3.05) is 26.4 Å². The largest absolute Gasteiger partial charge is 0.490 e. The van der Waals surface area contributed by atoms with E-state index in [2.05, 4.69) is 49.6 Å². The lowest BCUT2D eigenvalue weighted by Gasteiger charge is -2.19. The first-order chi connectivity index (χ1) is 13.8. The zero-order valence-electron chi connectivity index (χ0n) is 16.1. The molecule has 2 aliphatic heterocycles. The van der Waals surface area contributed by atoms with Gasteiger partial charge < -0.3 is 18.9 Å². The lowest BCUT2D eigenvalue weighted by Crippen LogP contribution is -2.09. The highest BCUT2D eigenvalue weighted by Gasteiger charge is 2.26. The van der Waals surface area contributed by atoms with E-state index in [0.717, 1.165) is 59.8 Å². The second-order valence-electron chi connectivity index (χ2n) is 7.11. The van der Waals surface area contributed by atoms with Crippen LogP contribution in [0, 0.1) is 0 Å². The zero-order chi connectivity index (χ0) is 19.3. The Morgan fingerprint density at radius 2 is 1.21 bits per heavy atom. The van der Waals surface area contributed by atoms with Gasteiger partial charge in [0.2, 0.25) is 0 Å². The topological polar surface area (TPSA) is 43.5 Å². The van der Waals surface area contributed by atoms with Crippen molar-refractivity contribution in [1.82, 2.24) is 0 Å². The molecule has 4 nitrogen and oxygen atoms in total. The summed E-state index contributed by atoms with van der Waals surface area (Å²) in [5.41, 5.74) is 4.27. The maximum Gasteiger partial charge on any atom is 0.130 e. The normalized spacial score (nSPS) is 19.7. The first kappa shape index (κ1) is 18.8. The molecule has 2 saturated heterocycles. The SMILES string of the molecule is C=CCc1cccc(-c2cccc(CC=C)c2OCC2CO2)c1OCC1CO1. The summed E-state index contributed by atoms with van der Waals surface area (Å²) in [7, 11) is 0. The summed E-state index contributed by atoms with van der Waals surface area (Å²) in [4.78, 5) is 0. The molecule has 4 rings (SSSR count). The fraction of sp³-hybridized carbons (Fsp3) is 0.333. The van der Waals surface area contributed by atoms with Crippen molar-refractivity contribution < 1.29 is 18.9 Å². The van der Waals surface area contributed by atoms with Gasteiger partial charge in [-0.05, 0) is 24.0 Å². The molecule has 4 heteroatoms. The van der Waals surface area contributed by atoms with E-state index in [1.54, 1.807) is 0 Å². The van der Waals surface area contributed by atoms with E-state index >= 15 is 0 Å². The second kappa shape index (κ2) is 8.63. The minimum absolute atomic E-state index is 0.194. The molecule has 0 N–H and O–H groups in total. The molecule has 0 saturated carbocycles. The van der Waals surface area contributed by atoms with Gasteiger partial charge in [0.05, 0.1) is 13.2 Å². The van der Waals surface area contributed by atoms with Gasteiger partial charge in [-0.15, -0.1) is 13.2 Å². The van der Waals surface area contributed by atoms with Crippen molar-refractivity contribution in [2.45, 2.75) is 25.0 Å². The molecule has 0 radical (unpaired) electrons. The number of epoxide rings is 2. The molecule has 2 heterocycles. The molecule has 2 aliphatic rings. The Bertz CT molecular complexity index is 778.